The van der Waals surface area contributed by atoms with Gasteiger partial charge >= 0.3 is 12.1 Å². The Labute approximate surface area is 243 Å². The molecule has 1 spiro atoms. The van der Waals surface area contributed by atoms with Crippen LogP contribution in [0.25, 0.3) is 11.1 Å². The summed E-state index contributed by atoms with van der Waals surface area (Å²) in [4.78, 5) is 26.4. The average molecular weight is 605 g/mol. The molecule has 7 heteroatoms. The summed E-state index contributed by atoms with van der Waals surface area (Å²) in [5.74, 6) is -0.895. The fourth-order valence-corrected chi connectivity index (χ4v) is 7.42. The van der Waals surface area contributed by atoms with Crippen LogP contribution in [0.3, 0.4) is 0 Å². The summed E-state index contributed by atoms with van der Waals surface area (Å²) in [6.45, 7) is 1.38. The summed E-state index contributed by atoms with van der Waals surface area (Å²) in [6.07, 6.45) is 5.02. The van der Waals surface area contributed by atoms with Crippen LogP contribution in [0.1, 0.15) is 61.1 Å². The van der Waals surface area contributed by atoms with Crippen molar-refractivity contribution < 1.29 is 24.2 Å². The van der Waals surface area contributed by atoms with Crippen LogP contribution in [-0.2, 0) is 19.9 Å². The highest BCUT2D eigenvalue weighted by molar-refractivity contribution is 9.10. The van der Waals surface area contributed by atoms with Gasteiger partial charge in [0.1, 0.15) is 13.2 Å². The van der Waals surface area contributed by atoms with E-state index in [1.165, 1.54) is 22.3 Å². The lowest BCUT2D eigenvalue weighted by Crippen LogP contribution is -2.47. The molecule has 1 saturated heterocycles. The maximum Gasteiger partial charge on any atom is 0.409 e. The number of benzene rings is 3. The molecule has 0 aromatic heterocycles. The van der Waals surface area contributed by atoms with Crippen molar-refractivity contribution >= 4 is 28.0 Å². The smallest absolute Gasteiger partial charge is 0.409 e. The first kappa shape index (κ1) is 27.0. The number of hydrogen-bond donors (Lipinski definition) is 1. The predicted octanol–water partition coefficient (Wildman–Crippen LogP) is 7.35. The van der Waals surface area contributed by atoms with Crippen molar-refractivity contribution in [1.29, 1.82) is 0 Å². The van der Waals surface area contributed by atoms with E-state index in [0.717, 1.165) is 48.6 Å². The Morgan fingerprint density at radius 3 is 2.08 bits per heavy atom. The van der Waals surface area contributed by atoms with Crippen molar-refractivity contribution in [2.24, 2.45) is 5.41 Å². The van der Waals surface area contributed by atoms with Gasteiger partial charge in [0.15, 0.2) is 0 Å². The first-order chi connectivity index (χ1) is 19.4. The third-order valence-electron chi connectivity index (χ3n) is 9.36. The number of likely N-dealkylation sites (tertiary alicyclic amines) is 1. The Morgan fingerprint density at radius 1 is 0.850 bits per heavy atom. The highest BCUT2D eigenvalue weighted by Crippen LogP contribution is 2.52. The molecule has 2 aliphatic carbocycles. The molecule has 2 fully saturated rings. The van der Waals surface area contributed by atoms with Gasteiger partial charge in [-0.2, -0.15) is 0 Å². The number of piperidine rings is 1. The predicted molar refractivity (Wildman–Crippen MR) is 156 cm³/mol. The van der Waals surface area contributed by atoms with Crippen LogP contribution in [-0.4, -0.2) is 48.4 Å². The van der Waals surface area contributed by atoms with Crippen molar-refractivity contribution in [2.45, 2.75) is 50.0 Å². The zero-order valence-corrected chi connectivity index (χ0v) is 24.1. The number of rotatable bonds is 6. The van der Waals surface area contributed by atoms with Gasteiger partial charge in [-0.1, -0.05) is 76.6 Å². The molecule has 0 atom stereocenters. The summed E-state index contributed by atoms with van der Waals surface area (Å²) in [7, 11) is 0. The number of carboxylic acids is 1. The van der Waals surface area contributed by atoms with Crippen LogP contribution in [0.5, 0.6) is 0 Å². The third-order valence-corrected chi connectivity index (χ3v) is 9.85. The van der Waals surface area contributed by atoms with Gasteiger partial charge < -0.3 is 19.5 Å². The number of carbonyl (C=O) groups excluding carboxylic acids is 1. The number of fused-ring (bicyclic) bond motifs is 3. The molecule has 1 amide bonds. The molecule has 0 radical (unpaired) electrons. The number of ether oxygens (including phenoxy) is 2. The normalized spacial score (nSPS) is 19.2. The second-order valence-corrected chi connectivity index (χ2v) is 12.4. The number of aliphatic carboxylic acids is 1. The summed E-state index contributed by atoms with van der Waals surface area (Å²) < 4.78 is 13.0. The van der Waals surface area contributed by atoms with E-state index < -0.39 is 11.6 Å². The molecule has 1 aliphatic heterocycles. The Morgan fingerprint density at radius 2 is 1.48 bits per heavy atom. The molecule has 3 aromatic rings. The monoisotopic (exact) mass is 603 g/mol. The van der Waals surface area contributed by atoms with E-state index in [4.69, 9.17) is 9.47 Å². The van der Waals surface area contributed by atoms with E-state index in [1.54, 1.807) is 0 Å². The molecule has 40 heavy (non-hydrogen) atoms. The van der Waals surface area contributed by atoms with Crippen molar-refractivity contribution in [3.8, 4) is 11.1 Å². The number of nitrogens with zero attached hydrogens (tertiary/aromatic N) is 1. The van der Waals surface area contributed by atoms with E-state index in [-0.39, 0.29) is 24.0 Å². The lowest BCUT2D eigenvalue weighted by Gasteiger charge is -2.49. The molecule has 3 aliphatic rings. The summed E-state index contributed by atoms with van der Waals surface area (Å²) >= 11 is 3.55. The van der Waals surface area contributed by atoms with Gasteiger partial charge in [-0.25, -0.2) is 9.59 Å². The van der Waals surface area contributed by atoms with Gasteiger partial charge in [-0.15, -0.1) is 0 Å². The van der Waals surface area contributed by atoms with Crippen LogP contribution in [0.15, 0.2) is 77.3 Å². The van der Waals surface area contributed by atoms with E-state index in [1.807, 2.05) is 41.3 Å². The van der Waals surface area contributed by atoms with E-state index in [0.29, 0.717) is 19.7 Å². The minimum absolute atomic E-state index is 0.0581. The molecule has 6 nitrogen and oxygen atoms in total. The molecule has 1 saturated carbocycles. The van der Waals surface area contributed by atoms with Gasteiger partial charge in [-0.05, 0) is 83.9 Å². The van der Waals surface area contributed by atoms with Gasteiger partial charge in [0, 0.05) is 23.5 Å². The maximum absolute atomic E-state index is 13.1. The zero-order chi connectivity index (χ0) is 27.7. The second-order valence-electron chi connectivity index (χ2n) is 11.5. The fraction of sp³-hybridized carbons (Fsp3) is 0.394. The summed E-state index contributed by atoms with van der Waals surface area (Å²) in [5.41, 5.74) is 5.45. The molecule has 0 unspecified atom stereocenters. The number of halogens is 1. The van der Waals surface area contributed by atoms with Gasteiger partial charge in [0.2, 0.25) is 0 Å². The number of carboxylic acid groups (broad SMARTS) is 1. The first-order valence-electron chi connectivity index (χ1n) is 14.1. The van der Waals surface area contributed by atoms with E-state index in [9.17, 15) is 14.7 Å². The minimum Gasteiger partial charge on any atom is -0.480 e. The quantitative estimate of drug-likeness (QED) is 0.319. The number of hydrogen-bond acceptors (Lipinski definition) is 4. The van der Waals surface area contributed by atoms with E-state index >= 15 is 0 Å². The Hall–Kier alpha value is -3.16. The highest BCUT2D eigenvalue weighted by Gasteiger charge is 2.46. The van der Waals surface area contributed by atoms with Crippen molar-refractivity contribution in [3.63, 3.8) is 0 Å². The lowest BCUT2D eigenvalue weighted by atomic mass is 9.63. The van der Waals surface area contributed by atoms with Crippen LogP contribution in [0, 0.1) is 5.41 Å². The minimum atomic E-state index is -0.953. The van der Waals surface area contributed by atoms with Gasteiger partial charge in [0.05, 0.1) is 5.60 Å². The molecule has 0 bridgehead atoms. The Balaban J connectivity index is 1.07. The largest absolute Gasteiger partial charge is 0.480 e. The highest BCUT2D eigenvalue weighted by atomic mass is 79.9. The number of carbonyl (C=O) groups is 2. The van der Waals surface area contributed by atoms with Gasteiger partial charge in [-0.3, -0.25) is 0 Å². The summed E-state index contributed by atoms with van der Waals surface area (Å²) in [5, 5.41) is 9.31. The SMILES string of the molecule is O=C(O)COC1(c2cccc(Br)c2)CCC2(CCN(C(=O)OCC3c4ccccc4-c4ccccc43)CC2)CC1. The first-order valence-corrected chi connectivity index (χ1v) is 14.9. The lowest BCUT2D eigenvalue weighted by molar-refractivity contribution is -0.157. The second kappa shape index (κ2) is 11.0. The van der Waals surface area contributed by atoms with Crippen molar-refractivity contribution in [2.75, 3.05) is 26.3 Å². The van der Waals surface area contributed by atoms with Crippen LogP contribution in [0.4, 0.5) is 4.79 Å². The molecule has 1 N–H and O–H groups in total. The van der Waals surface area contributed by atoms with Crippen LogP contribution >= 0.6 is 15.9 Å². The third kappa shape index (κ3) is 5.17. The molecule has 208 valence electrons. The Bertz CT molecular complexity index is 1360. The van der Waals surface area contributed by atoms with Crippen LogP contribution in [0.2, 0.25) is 0 Å². The molecule has 6 rings (SSSR count). The number of amides is 1. The topological polar surface area (TPSA) is 76.1 Å². The standard InChI is InChI=1S/C33H34BrNO5/c34-24-7-5-6-23(20-24)33(40-22-30(36)37)14-12-32(13-15-33)16-18-35(19-17-32)31(38)39-21-29-27-10-3-1-8-25(27)26-9-2-4-11-28(26)29/h1-11,20,29H,12-19,21-22H2,(H,36,37). The molecule has 3 aromatic carbocycles. The maximum atomic E-state index is 13.1. The molecular formula is C33H34BrNO5. The molecule has 1 heterocycles. The zero-order valence-electron chi connectivity index (χ0n) is 22.5. The molecular weight excluding hydrogens is 570 g/mol. The van der Waals surface area contributed by atoms with Crippen LogP contribution < -0.4 is 0 Å². The van der Waals surface area contributed by atoms with Crippen molar-refractivity contribution in [1.82, 2.24) is 4.90 Å². The van der Waals surface area contributed by atoms with Crippen molar-refractivity contribution in [3.05, 3.63) is 94.0 Å². The average Bonchev–Trinajstić information content (AvgIpc) is 3.30. The Kier molecular flexibility index (Phi) is 7.44. The summed E-state index contributed by atoms with van der Waals surface area (Å²) in [6, 6.07) is 24.8. The van der Waals surface area contributed by atoms with Gasteiger partial charge in [0.25, 0.3) is 0 Å². The fourth-order valence-electron chi connectivity index (χ4n) is 7.02. The van der Waals surface area contributed by atoms with E-state index in [2.05, 4.69) is 52.3 Å².